The Labute approximate surface area is 169 Å². The molecule has 132 valence electrons. The summed E-state index contributed by atoms with van der Waals surface area (Å²) in [4.78, 5) is 30.6. The molecule has 5 nitrogen and oxygen atoms in total. The summed E-state index contributed by atoms with van der Waals surface area (Å²) in [5, 5.41) is 2.74. The second-order valence-electron chi connectivity index (χ2n) is 5.43. The molecular weight excluding hydrogens is 434 g/mol. The van der Waals surface area contributed by atoms with Gasteiger partial charge in [-0.25, -0.2) is 0 Å². The number of thiocarbonyl (C=S) groups is 1. The van der Waals surface area contributed by atoms with E-state index in [-0.39, 0.29) is 24.8 Å². The van der Waals surface area contributed by atoms with E-state index in [4.69, 9.17) is 12.2 Å². The van der Waals surface area contributed by atoms with Gasteiger partial charge >= 0.3 is 0 Å². The molecule has 0 atom stereocenters. The maximum absolute atomic E-state index is 12.6. The van der Waals surface area contributed by atoms with Crippen LogP contribution in [0.15, 0.2) is 58.2 Å². The Morgan fingerprint density at radius 3 is 2.92 bits per heavy atom. The third-order valence-electron chi connectivity index (χ3n) is 3.53. The van der Waals surface area contributed by atoms with Crippen LogP contribution in [0, 0.1) is 0 Å². The zero-order valence-electron chi connectivity index (χ0n) is 13.5. The van der Waals surface area contributed by atoms with Crippen molar-refractivity contribution in [1.82, 2.24) is 9.88 Å². The molecule has 1 saturated heterocycles. The van der Waals surface area contributed by atoms with Gasteiger partial charge in [-0.2, -0.15) is 0 Å². The number of carbonyl (C=O) groups is 2. The highest BCUT2D eigenvalue weighted by molar-refractivity contribution is 9.10. The van der Waals surface area contributed by atoms with E-state index >= 15 is 0 Å². The van der Waals surface area contributed by atoms with E-state index in [9.17, 15) is 9.59 Å². The van der Waals surface area contributed by atoms with Crippen molar-refractivity contribution in [2.45, 2.75) is 6.42 Å². The molecule has 0 spiro atoms. The Balaban J connectivity index is 1.61. The molecule has 1 N–H and O–H groups in total. The molecular formula is C18H14BrN3O2S2. The number of nitrogens with one attached hydrogen (secondary N) is 1. The zero-order valence-corrected chi connectivity index (χ0v) is 16.7. The highest BCUT2D eigenvalue weighted by atomic mass is 79.9. The minimum atomic E-state index is -0.192. The van der Waals surface area contributed by atoms with Gasteiger partial charge in [0.25, 0.3) is 5.91 Å². The van der Waals surface area contributed by atoms with Gasteiger partial charge < -0.3 is 5.32 Å². The van der Waals surface area contributed by atoms with Crippen LogP contribution in [-0.4, -0.2) is 32.6 Å². The van der Waals surface area contributed by atoms with Crippen molar-refractivity contribution in [3.63, 3.8) is 0 Å². The lowest BCUT2D eigenvalue weighted by Crippen LogP contribution is -2.31. The van der Waals surface area contributed by atoms with Gasteiger partial charge in [-0.1, -0.05) is 52.0 Å². The lowest BCUT2D eigenvalue weighted by Gasteiger charge is -2.14. The number of hydrogen-bond donors (Lipinski definition) is 1. The Kier molecular flexibility index (Phi) is 6.18. The molecule has 1 aromatic heterocycles. The lowest BCUT2D eigenvalue weighted by molar-refractivity contribution is -0.122. The molecule has 1 fully saturated rings. The average Bonchev–Trinajstić information content (AvgIpc) is 2.87. The molecule has 1 aliphatic rings. The normalized spacial score (nSPS) is 15.6. The highest BCUT2D eigenvalue weighted by Gasteiger charge is 2.32. The van der Waals surface area contributed by atoms with Gasteiger partial charge in [-0.3, -0.25) is 19.5 Å². The first kappa shape index (κ1) is 18.8. The predicted molar refractivity (Wildman–Crippen MR) is 112 cm³/mol. The first-order valence-corrected chi connectivity index (χ1v) is 9.75. The number of rotatable bonds is 5. The van der Waals surface area contributed by atoms with Crippen LogP contribution >= 0.6 is 39.9 Å². The molecule has 0 aliphatic carbocycles. The predicted octanol–water partition coefficient (Wildman–Crippen LogP) is 4.07. The van der Waals surface area contributed by atoms with Crippen molar-refractivity contribution in [2.24, 2.45) is 0 Å². The highest BCUT2D eigenvalue weighted by Crippen LogP contribution is 2.32. The molecule has 2 aromatic rings. The summed E-state index contributed by atoms with van der Waals surface area (Å²) >= 11 is 9.96. The van der Waals surface area contributed by atoms with Gasteiger partial charge in [0.05, 0.1) is 16.8 Å². The number of thioether (sulfide) groups is 1. The van der Waals surface area contributed by atoms with Crippen molar-refractivity contribution in [2.75, 3.05) is 11.9 Å². The van der Waals surface area contributed by atoms with Gasteiger partial charge in [-0.05, 0) is 35.9 Å². The van der Waals surface area contributed by atoms with Gasteiger partial charge in [-0.15, -0.1) is 0 Å². The molecule has 8 heteroatoms. The average molecular weight is 448 g/mol. The quantitative estimate of drug-likeness (QED) is 0.552. The van der Waals surface area contributed by atoms with E-state index < -0.39 is 0 Å². The summed E-state index contributed by atoms with van der Waals surface area (Å²) in [5.74, 6) is -0.364. The molecule has 0 saturated carbocycles. The monoisotopic (exact) mass is 447 g/mol. The van der Waals surface area contributed by atoms with E-state index in [2.05, 4.69) is 26.2 Å². The van der Waals surface area contributed by atoms with Crippen LogP contribution in [0.4, 0.5) is 5.69 Å². The summed E-state index contributed by atoms with van der Waals surface area (Å²) < 4.78 is 1.40. The van der Waals surface area contributed by atoms with Crippen LogP contribution in [0.5, 0.6) is 0 Å². The van der Waals surface area contributed by atoms with Gasteiger partial charge in [0, 0.05) is 23.6 Å². The third-order valence-corrected chi connectivity index (χ3v) is 5.40. The van der Waals surface area contributed by atoms with Crippen molar-refractivity contribution < 1.29 is 9.59 Å². The van der Waals surface area contributed by atoms with Crippen LogP contribution in [0.2, 0.25) is 0 Å². The molecule has 0 radical (unpaired) electrons. The molecule has 0 bridgehead atoms. The minimum Gasteiger partial charge on any atom is -0.325 e. The van der Waals surface area contributed by atoms with Crippen LogP contribution in [0.25, 0.3) is 6.08 Å². The van der Waals surface area contributed by atoms with Gasteiger partial charge in [0.1, 0.15) is 4.32 Å². The molecule has 1 aliphatic heterocycles. The molecule has 1 aromatic carbocycles. The lowest BCUT2D eigenvalue weighted by atomic mass is 10.2. The van der Waals surface area contributed by atoms with Crippen molar-refractivity contribution >= 4 is 67.8 Å². The molecule has 3 rings (SSSR count). The maximum Gasteiger partial charge on any atom is 0.266 e. The van der Waals surface area contributed by atoms with E-state index in [1.54, 1.807) is 30.6 Å². The fraction of sp³-hybridized carbons (Fsp3) is 0.111. The van der Waals surface area contributed by atoms with Crippen LogP contribution < -0.4 is 5.32 Å². The standard InChI is InChI=1S/C18H14BrN3O2S2/c19-13-4-1-3-12(9-13)10-15-17(24)22(18(25)26-15)8-6-16(23)21-14-5-2-7-20-11-14/h1-5,7,9-11H,6,8H2,(H,21,23)/b15-10-. The Morgan fingerprint density at radius 1 is 1.35 bits per heavy atom. The number of hydrogen-bond acceptors (Lipinski definition) is 5. The molecule has 2 amide bonds. The van der Waals surface area contributed by atoms with Crippen molar-refractivity contribution in [1.29, 1.82) is 0 Å². The number of carbonyl (C=O) groups excluding carboxylic acids is 2. The molecule has 0 unspecified atom stereocenters. The smallest absolute Gasteiger partial charge is 0.266 e. The topological polar surface area (TPSA) is 62.3 Å². The fourth-order valence-electron chi connectivity index (χ4n) is 2.31. The zero-order chi connectivity index (χ0) is 18.5. The number of anilines is 1. The third kappa shape index (κ3) is 4.78. The number of benzene rings is 1. The van der Waals surface area contributed by atoms with Crippen molar-refractivity contribution in [3.8, 4) is 0 Å². The SMILES string of the molecule is O=C(CCN1C(=O)/C(=C/c2cccc(Br)c2)SC1=S)Nc1cccnc1. The Bertz CT molecular complexity index is 887. The summed E-state index contributed by atoms with van der Waals surface area (Å²) in [6, 6.07) is 11.2. The minimum absolute atomic E-state index is 0.158. The van der Waals surface area contributed by atoms with E-state index in [1.165, 1.54) is 16.7 Å². The largest absolute Gasteiger partial charge is 0.325 e. The summed E-state index contributed by atoms with van der Waals surface area (Å²) in [6.45, 7) is 0.243. The summed E-state index contributed by atoms with van der Waals surface area (Å²) in [5.41, 5.74) is 1.53. The van der Waals surface area contributed by atoms with Crippen molar-refractivity contribution in [3.05, 3.63) is 63.7 Å². The number of amides is 2. The Hall–Kier alpha value is -2.03. The number of nitrogens with zero attached hydrogens (tertiary/aromatic N) is 2. The molecule has 26 heavy (non-hydrogen) atoms. The Morgan fingerprint density at radius 2 is 2.19 bits per heavy atom. The second-order valence-corrected chi connectivity index (χ2v) is 8.02. The number of aromatic nitrogens is 1. The first-order valence-electron chi connectivity index (χ1n) is 7.74. The van der Waals surface area contributed by atoms with Crippen LogP contribution in [0.1, 0.15) is 12.0 Å². The molecule has 2 heterocycles. The number of halogens is 1. The second kappa shape index (κ2) is 8.57. The van der Waals surface area contributed by atoms with Gasteiger partial charge in [0.2, 0.25) is 5.91 Å². The van der Waals surface area contributed by atoms with E-state index in [0.29, 0.717) is 14.9 Å². The maximum atomic E-state index is 12.6. The first-order chi connectivity index (χ1) is 12.5. The van der Waals surface area contributed by atoms with Gasteiger partial charge in [0.15, 0.2) is 0 Å². The summed E-state index contributed by atoms with van der Waals surface area (Å²) in [6.07, 6.45) is 5.16. The van der Waals surface area contributed by atoms with E-state index in [0.717, 1.165) is 10.0 Å². The summed E-state index contributed by atoms with van der Waals surface area (Å²) in [7, 11) is 0. The van der Waals surface area contributed by atoms with Crippen LogP contribution in [0.3, 0.4) is 0 Å². The number of pyridine rings is 1. The van der Waals surface area contributed by atoms with E-state index in [1.807, 2.05) is 24.3 Å². The fourth-order valence-corrected chi connectivity index (χ4v) is 4.04. The van der Waals surface area contributed by atoms with Crippen LogP contribution in [-0.2, 0) is 9.59 Å².